The molecule has 2 nitrogen and oxygen atoms in total. The molecule has 1 aliphatic heterocycles. The number of aliphatic hydroxyl groups excluding tert-OH is 1. The number of hydrogen-bond acceptors (Lipinski definition) is 2. The van der Waals surface area contributed by atoms with Crippen LogP contribution in [0.15, 0.2) is 22.7 Å². The van der Waals surface area contributed by atoms with Gasteiger partial charge in [-0.3, -0.25) is 0 Å². The minimum Gasteiger partial charge on any atom is -0.489 e. The minimum absolute atomic E-state index is 0.0426. The molecule has 0 radical (unpaired) electrons. The lowest BCUT2D eigenvalue weighted by atomic mass is 9.83. The molecule has 0 spiro atoms. The molecule has 0 saturated heterocycles. The maximum Gasteiger partial charge on any atom is 0.126 e. The third kappa shape index (κ3) is 2.25. The van der Waals surface area contributed by atoms with Crippen molar-refractivity contribution < 1.29 is 9.84 Å². The molecular weight excluding hydrogens is 268 g/mol. The Labute approximate surface area is 105 Å². The summed E-state index contributed by atoms with van der Waals surface area (Å²) in [5.41, 5.74) is 0.935. The second kappa shape index (κ2) is 4.04. The van der Waals surface area contributed by atoms with Crippen LogP contribution in [0.3, 0.4) is 0 Å². The van der Waals surface area contributed by atoms with Crippen molar-refractivity contribution in [2.45, 2.75) is 39.4 Å². The van der Waals surface area contributed by atoms with Crippen LogP contribution in [-0.4, -0.2) is 11.2 Å². The SMILES string of the molecule is CC(C)(C)C1C[C@@H](O)c2ccc(Br)cc2O1. The van der Waals surface area contributed by atoms with Crippen LogP contribution in [0.4, 0.5) is 0 Å². The van der Waals surface area contributed by atoms with E-state index in [0.717, 1.165) is 15.8 Å². The fourth-order valence-corrected chi connectivity index (χ4v) is 2.29. The van der Waals surface area contributed by atoms with Gasteiger partial charge in [-0.2, -0.15) is 0 Å². The summed E-state index contributed by atoms with van der Waals surface area (Å²) in [5.74, 6) is 0.799. The van der Waals surface area contributed by atoms with E-state index >= 15 is 0 Å². The summed E-state index contributed by atoms with van der Waals surface area (Å²) in [6.45, 7) is 6.40. The second-order valence-corrected chi connectivity index (χ2v) is 6.32. The van der Waals surface area contributed by atoms with E-state index in [4.69, 9.17) is 4.74 Å². The highest BCUT2D eigenvalue weighted by molar-refractivity contribution is 9.10. The Morgan fingerprint density at radius 1 is 1.38 bits per heavy atom. The number of fused-ring (bicyclic) bond motifs is 1. The van der Waals surface area contributed by atoms with Crippen molar-refractivity contribution in [1.29, 1.82) is 0 Å². The molecule has 1 aromatic rings. The topological polar surface area (TPSA) is 29.5 Å². The van der Waals surface area contributed by atoms with Gasteiger partial charge in [0.25, 0.3) is 0 Å². The summed E-state index contributed by atoms with van der Waals surface area (Å²) < 4.78 is 6.94. The first-order chi connectivity index (χ1) is 7.38. The van der Waals surface area contributed by atoms with Crippen LogP contribution in [0.2, 0.25) is 0 Å². The molecule has 1 heterocycles. The number of benzene rings is 1. The zero-order valence-corrected chi connectivity index (χ0v) is 11.4. The van der Waals surface area contributed by atoms with Crippen molar-refractivity contribution in [3.8, 4) is 5.75 Å². The molecule has 0 aliphatic carbocycles. The summed E-state index contributed by atoms with van der Waals surface area (Å²) in [6.07, 6.45) is 0.309. The fraction of sp³-hybridized carbons (Fsp3) is 0.538. The fourth-order valence-electron chi connectivity index (χ4n) is 1.95. The number of hydrogen-bond donors (Lipinski definition) is 1. The second-order valence-electron chi connectivity index (χ2n) is 5.41. The third-order valence-electron chi connectivity index (χ3n) is 3.01. The molecule has 16 heavy (non-hydrogen) atoms. The number of halogens is 1. The number of rotatable bonds is 0. The van der Waals surface area contributed by atoms with Gasteiger partial charge in [0.2, 0.25) is 0 Å². The summed E-state index contributed by atoms with van der Waals surface area (Å²) in [6, 6.07) is 5.78. The highest BCUT2D eigenvalue weighted by Gasteiger charge is 2.34. The van der Waals surface area contributed by atoms with Crippen molar-refractivity contribution in [3.05, 3.63) is 28.2 Å². The van der Waals surface area contributed by atoms with Crippen molar-refractivity contribution in [2.75, 3.05) is 0 Å². The summed E-state index contributed by atoms with van der Waals surface area (Å²) in [7, 11) is 0. The van der Waals surface area contributed by atoms with Crippen molar-refractivity contribution in [2.24, 2.45) is 5.41 Å². The Morgan fingerprint density at radius 3 is 2.69 bits per heavy atom. The standard InChI is InChI=1S/C13H17BrO2/c1-13(2,3)12-7-10(15)9-5-4-8(14)6-11(9)16-12/h4-6,10,12,15H,7H2,1-3H3/t10-,12?/m1/s1. The molecule has 1 N–H and O–H groups in total. The molecule has 0 amide bonds. The van der Waals surface area contributed by atoms with E-state index < -0.39 is 6.10 Å². The molecular formula is C13H17BrO2. The smallest absolute Gasteiger partial charge is 0.126 e. The van der Waals surface area contributed by atoms with Gasteiger partial charge in [0.15, 0.2) is 0 Å². The highest BCUT2D eigenvalue weighted by Crippen LogP contribution is 2.41. The van der Waals surface area contributed by atoms with E-state index in [1.165, 1.54) is 0 Å². The number of ether oxygens (including phenoxy) is 1. The molecule has 0 bridgehead atoms. The maximum atomic E-state index is 10.1. The van der Waals surface area contributed by atoms with Crippen molar-refractivity contribution in [1.82, 2.24) is 0 Å². The van der Waals surface area contributed by atoms with E-state index in [9.17, 15) is 5.11 Å². The van der Waals surface area contributed by atoms with Gasteiger partial charge in [-0.1, -0.05) is 42.8 Å². The van der Waals surface area contributed by atoms with E-state index in [1.807, 2.05) is 18.2 Å². The first kappa shape index (κ1) is 11.9. The predicted molar refractivity (Wildman–Crippen MR) is 67.6 cm³/mol. The van der Waals surface area contributed by atoms with E-state index in [-0.39, 0.29) is 11.5 Å². The van der Waals surface area contributed by atoms with E-state index in [0.29, 0.717) is 6.42 Å². The molecule has 0 fully saturated rings. The first-order valence-electron chi connectivity index (χ1n) is 5.52. The van der Waals surface area contributed by atoms with Crippen LogP contribution in [0.1, 0.15) is 38.9 Å². The summed E-state index contributed by atoms with van der Waals surface area (Å²) in [5, 5.41) is 10.1. The molecule has 3 heteroatoms. The average Bonchev–Trinajstić information content (AvgIpc) is 2.15. The van der Waals surface area contributed by atoms with Gasteiger partial charge in [-0.05, 0) is 17.5 Å². The average molecular weight is 285 g/mol. The molecule has 1 aromatic carbocycles. The van der Waals surface area contributed by atoms with Gasteiger partial charge in [-0.25, -0.2) is 0 Å². The Hall–Kier alpha value is -0.540. The van der Waals surface area contributed by atoms with Crippen molar-refractivity contribution in [3.63, 3.8) is 0 Å². The van der Waals surface area contributed by atoms with Crippen LogP contribution in [0.25, 0.3) is 0 Å². The van der Waals surface area contributed by atoms with Gasteiger partial charge < -0.3 is 9.84 Å². The van der Waals surface area contributed by atoms with Crippen LogP contribution in [0.5, 0.6) is 5.75 Å². The van der Waals surface area contributed by atoms with Gasteiger partial charge >= 0.3 is 0 Å². The lowest BCUT2D eigenvalue weighted by Gasteiger charge is -2.37. The quantitative estimate of drug-likeness (QED) is 0.788. The lowest BCUT2D eigenvalue weighted by molar-refractivity contribution is 0.00796. The normalized spacial score (nSPS) is 24.8. The minimum atomic E-state index is -0.416. The van der Waals surface area contributed by atoms with E-state index in [2.05, 4.69) is 36.7 Å². The Balaban J connectivity index is 2.35. The van der Waals surface area contributed by atoms with Gasteiger partial charge in [0, 0.05) is 16.5 Å². The third-order valence-corrected chi connectivity index (χ3v) is 3.50. The molecule has 0 aromatic heterocycles. The lowest BCUT2D eigenvalue weighted by Crippen LogP contribution is -2.36. The largest absolute Gasteiger partial charge is 0.489 e. The van der Waals surface area contributed by atoms with Crippen molar-refractivity contribution >= 4 is 15.9 Å². The van der Waals surface area contributed by atoms with Crippen LogP contribution in [-0.2, 0) is 0 Å². The van der Waals surface area contributed by atoms with Crippen LogP contribution >= 0.6 is 15.9 Å². The first-order valence-corrected chi connectivity index (χ1v) is 6.31. The molecule has 2 rings (SSSR count). The van der Waals surface area contributed by atoms with Gasteiger partial charge in [0.05, 0.1) is 6.10 Å². The number of aliphatic hydroxyl groups is 1. The summed E-state index contributed by atoms with van der Waals surface area (Å²) >= 11 is 3.42. The predicted octanol–water partition coefficient (Wildman–Crippen LogP) is 3.68. The van der Waals surface area contributed by atoms with E-state index in [1.54, 1.807) is 0 Å². The molecule has 1 unspecified atom stereocenters. The highest BCUT2D eigenvalue weighted by atomic mass is 79.9. The molecule has 1 aliphatic rings. The Morgan fingerprint density at radius 2 is 2.06 bits per heavy atom. The van der Waals surface area contributed by atoms with Gasteiger partial charge in [0.1, 0.15) is 11.9 Å². The van der Waals surface area contributed by atoms with Crippen LogP contribution < -0.4 is 4.74 Å². The summed E-state index contributed by atoms with van der Waals surface area (Å²) in [4.78, 5) is 0. The Bertz CT molecular complexity index is 395. The monoisotopic (exact) mass is 284 g/mol. The zero-order chi connectivity index (χ0) is 11.9. The molecule has 2 atom stereocenters. The Kier molecular flexibility index (Phi) is 3.01. The molecule has 88 valence electrons. The molecule has 0 saturated carbocycles. The van der Waals surface area contributed by atoms with Crippen LogP contribution in [0, 0.1) is 5.41 Å². The van der Waals surface area contributed by atoms with Gasteiger partial charge in [-0.15, -0.1) is 0 Å². The zero-order valence-electron chi connectivity index (χ0n) is 9.83. The maximum absolute atomic E-state index is 10.1.